The van der Waals surface area contributed by atoms with Crippen LogP contribution < -0.4 is 14.8 Å². The topological polar surface area (TPSA) is 205 Å². The summed E-state index contributed by atoms with van der Waals surface area (Å²) in [5.74, 6) is -2.30. The SMILES string of the molecule is COc1cc(/C=C/C(=O)OCCON(O)O)ccc1OC(=O)CNC(=O)CCC/C=C\C[C@@H]1[C@@H](/C=C/[C@@H](O)CCc2cccc(C(F)(F)F)c2)[C@H](O)C[C@@H]1O. The van der Waals surface area contributed by atoms with Gasteiger partial charge in [-0.2, -0.15) is 13.2 Å². The number of halogens is 3. The van der Waals surface area contributed by atoms with E-state index in [-0.39, 0.29) is 62.2 Å². The molecule has 1 aliphatic rings. The normalized spacial score (nSPS) is 19.4. The van der Waals surface area contributed by atoms with Crippen molar-refractivity contribution in [1.82, 2.24) is 10.7 Å². The lowest BCUT2D eigenvalue weighted by Gasteiger charge is -2.19. The summed E-state index contributed by atoms with van der Waals surface area (Å²) in [6.07, 6.45) is 4.59. The summed E-state index contributed by atoms with van der Waals surface area (Å²) in [6.45, 7) is -0.905. The quantitative estimate of drug-likeness (QED) is 0.0261. The Morgan fingerprint density at radius 1 is 1.04 bits per heavy atom. The molecular weight excluding hydrogens is 733 g/mol. The maximum Gasteiger partial charge on any atom is 0.416 e. The van der Waals surface area contributed by atoms with E-state index in [0.717, 1.165) is 18.2 Å². The summed E-state index contributed by atoms with van der Waals surface area (Å²) in [5, 5.41) is 50.3. The van der Waals surface area contributed by atoms with Crippen LogP contribution in [0, 0.1) is 11.8 Å². The number of aliphatic hydroxyl groups excluding tert-OH is 3. The fourth-order valence-electron chi connectivity index (χ4n) is 5.79. The molecule has 6 N–H and O–H groups in total. The fraction of sp³-hybridized carbons (Fsp3) is 0.447. The highest BCUT2D eigenvalue weighted by atomic mass is 19.4. The van der Waals surface area contributed by atoms with Crippen molar-refractivity contribution in [2.24, 2.45) is 11.8 Å². The Morgan fingerprint density at radius 3 is 2.55 bits per heavy atom. The molecule has 0 spiro atoms. The van der Waals surface area contributed by atoms with Crippen molar-refractivity contribution >= 4 is 23.9 Å². The number of ether oxygens (including phenoxy) is 3. The van der Waals surface area contributed by atoms with E-state index in [0.29, 0.717) is 30.4 Å². The molecule has 1 saturated carbocycles. The van der Waals surface area contributed by atoms with E-state index in [1.54, 1.807) is 18.2 Å². The molecule has 0 bridgehead atoms. The number of nitrogens with zero attached hydrogens (tertiary/aromatic N) is 1. The van der Waals surface area contributed by atoms with Gasteiger partial charge in [-0.15, -0.1) is 0 Å². The predicted octanol–water partition coefficient (Wildman–Crippen LogP) is 4.33. The highest BCUT2D eigenvalue weighted by molar-refractivity contribution is 5.87. The number of esters is 2. The molecule has 2 aromatic carbocycles. The van der Waals surface area contributed by atoms with Crippen LogP contribution in [0.1, 0.15) is 55.2 Å². The smallest absolute Gasteiger partial charge is 0.416 e. The van der Waals surface area contributed by atoms with Gasteiger partial charge in [0.25, 0.3) is 0 Å². The number of unbranched alkanes of at least 4 members (excludes halogenated alkanes) is 1. The van der Waals surface area contributed by atoms with Gasteiger partial charge in [0, 0.05) is 24.8 Å². The van der Waals surface area contributed by atoms with Crippen molar-refractivity contribution < 1.29 is 72.3 Å². The minimum Gasteiger partial charge on any atom is -0.493 e. The number of alkyl halides is 3. The van der Waals surface area contributed by atoms with Gasteiger partial charge in [0.05, 0.1) is 36.4 Å². The third-order valence-electron chi connectivity index (χ3n) is 8.59. The van der Waals surface area contributed by atoms with Crippen molar-refractivity contribution in [1.29, 1.82) is 0 Å². The summed E-state index contributed by atoms with van der Waals surface area (Å²) >= 11 is 0. The van der Waals surface area contributed by atoms with Gasteiger partial charge in [-0.1, -0.05) is 48.6 Å². The maximum absolute atomic E-state index is 13.0. The zero-order valence-electron chi connectivity index (χ0n) is 30.1. The fourth-order valence-corrected chi connectivity index (χ4v) is 5.79. The first-order chi connectivity index (χ1) is 26.2. The van der Waals surface area contributed by atoms with Gasteiger partial charge in [-0.05, 0) is 73.4 Å². The van der Waals surface area contributed by atoms with E-state index in [9.17, 15) is 42.9 Å². The standard InChI is InChI=1S/C38H47F3N2O12/c1-52-34-22-26(13-18-36(48)53-19-20-54-43(50)51)12-17-33(34)55-37(49)24-42-35(47)10-5-3-2-4-9-29-30(32(46)23-31(29)45)16-15-28(44)14-11-25-7-6-8-27(21-25)38(39,40)41/h2,4,6-8,12-13,15-18,21-22,28-32,44-46,50-51H,3,5,9-11,14,19-20,23-24H2,1H3,(H,42,47)/b4-2-,16-15+,18-13+/t28-,29+,30+,31-,32+/m0/s1. The van der Waals surface area contributed by atoms with Crippen molar-refractivity contribution in [3.05, 3.63) is 89.5 Å². The number of carbonyl (C=O) groups is 3. The molecule has 14 nitrogen and oxygen atoms in total. The Morgan fingerprint density at radius 2 is 1.82 bits per heavy atom. The van der Waals surface area contributed by atoms with Crippen LogP contribution in [0.5, 0.6) is 11.5 Å². The highest BCUT2D eigenvalue weighted by Gasteiger charge is 2.39. The van der Waals surface area contributed by atoms with Crippen molar-refractivity contribution in [3.63, 3.8) is 0 Å². The summed E-state index contributed by atoms with van der Waals surface area (Å²) in [5.41, 5.74) is 0.213. The molecule has 0 unspecified atom stereocenters. The molecule has 0 heterocycles. The lowest BCUT2D eigenvalue weighted by molar-refractivity contribution is -0.493. The van der Waals surface area contributed by atoms with Gasteiger partial charge in [-0.25, -0.2) is 14.4 Å². The summed E-state index contributed by atoms with van der Waals surface area (Å²) in [4.78, 5) is 40.7. The number of methoxy groups -OCH3 is 1. The van der Waals surface area contributed by atoms with Gasteiger partial charge in [0.2, 0.25) is 5.91 Å². The molecule has 0 saturated heterocycles. The van der Waals surface area contributed by atoms with E-state index in [2.05, 4.69) is 10.2 Å². The van der Waals surface area contributed by atoms with Crippen LogP contribution in [-0.4, -0.2) is 94.1 Å². The zero-order valence-corrected chi connectivity index (χ0v) is 30.1. The molecule has 1 aliphatic carbocycles. The number of aliphatic hydroxyl groups is 3. The largest absolute Gasteiger partial charge is 0.493 e. The van der Waals surface area contributed by atoms with Crippen LogP contribution in [0.2, 0.25) is 0 Å². The number of benzene rings is 2. The number of hydrogen-bond acceptors (Lipinski definition) is 13. The van der Waals surface area contributed by atoms with Crippen LogP contribution in [0.4, 0.5) is 13.2 Å². The Labute approximate surface area is 315 Å². The molecule has 2 aromatic rings. The van der Waals surface area contributed by atoms with Gasteiger partial charge in [0.15, 0.2) is 11.5 Å². The number of aryl methyl sites for hydroxylation is 1. The predicted molar refractivity (Wildman–Crippen MR) is 189 cm³/mol. The second kappa shape index (κ2) is 22.7. The summed E-state index contributed by atoms with van der Waals surface area (Å²) in [6, 6.07) is 9.44. The van der Waals surface area contributed by atoms with Crippen LogP contribution >= 0.6 is 0 Å². The minimum atomic E-state index is -4.45. The summed E-state index contributed by atoms with van der Waals surface area (Å²) < 4.78 is 54.3. The van der Waals surface area contributed by atoms with Gasteiger partial charge in [0.1, 0.15) is 19.8 Å². The van der Waals surface area contributed by atoms with E-state index in [1.807, 2.05) is 12.2 Å². The number of allylic oxidation sites excluding steroid dienone is 2. The first-order valence-corrected chi connectivity index (χ1v) is 17.5. The average Bonchev–Trinajstić information content (AvgIpc) is 3.41. The second-order valence-corrected chi connectivity index (χ2v) is 12.6. The lowest BCUT2D eigenvalue weighted by atomic mass is 9.89. The molecule has 0 radical (unpaired) electrons. The molecule has 0 aliphatic heterocycles. The molecule has 1 fully saturated rings. The number of nitrogens with one attached hydrogen (secondary N) is 1. The third-order valence-corrected chi connectivity index (χ3v) is 8.59. The number of rotatable bonds is 21. The van der Waals surface area contributed by atoms with Gasteiger partial charge in [-0.3, -0.25) is 15.2 Å². The van der Waals surface area contributed by atoms with E-state index < -0.39 is 59.8 Å². The number of hydrogen-bond donors (Lipinski definition) is 6. The van der Waals surface area contributed by atoms with E-state index in [4.69, 9.17) is 24.6 Å². The lowest BCUT2D eigenvalue weighted by Crippen LogP contribution is -2.31. The van der Waals surface area contributed by atoms with Crippen molar-refractivity contribution in [3.8, 4) is 11.5 Å². The molecule has 5 atom stereocenters. The molecular formula is C38H47F3N2O12. The second-order valence-electron chi connectivity index (χ2n) is 12.6. The Balaban J connectivity index is 1.36. The van der Waals surface area contributed by atoms with Gasteiger partial charge < -0.3 is 34.8 Å². The van der Waals surface area contributed by atoms with Crippen LogP contribution in [-0.2, 0) is 36.6 Å². The maximum atomic E-state index is 13.0. The number of carbonyl (C=O) groups excluding carboxylic acids is 3. The van der Waals surface area contributed by atoms with Crippen molar-refractivity contribution in [2.45, 2.75) is 69.4 Å². The average molecular weight is 781 g/mol. The third kappa shape index (κ3) is 16.3. The molecule has 55 heavy (non-hydrogen) atoms. The van der Waals surface area contributed by atoms with E-state index in [1.165, 1.54) is 37.5 Å². The Bertz CT molecular complexity index is 1630. The first-order valence-electron chi connectivity index (χ1n) is 17.5. The van der Waals surface area contributed by atoms with Crippen LogP contribution in [0.15, 0.2) is 72.8 Å². The Kier molecular flexibility index (Phi) is 18.5. The highest BCUT2D eigenvalue weighted by Crippen LogP contribution is 2.36. The van der Waals surface area contributed by atoms with E-state index >= 15 is 0 Å². The molecule has 0 aromatic heterocycles. The monoisotopic (exact) mass is 780 g/mol. The molecule has 3 rings (SSSR count). The molecule has 302 valence electrons. The van der Waals surface area contributed by atoms with Crippen molar-refractivity contribution in [2.75, 3.05) is 26.9 Å². The minimum absolute atomic E-state index is 0.0872. The first kappa shape index (κ1) is 44.8. The van der Waals surface area contributed by atoms with Crippen LogP contribution in [0.3, 0.4) is 0 Å². The number of amides is 1. The van der Waals surface area contributed by atoms with Crippen LogP contribution in [0.25, 0.3) is 6.08 Å². The Hall–Kier alpha value is -4.62. The zero-order chi connectivity index (χ0) is 40.4. The summed E-state index contributed by atoms with van der Waals surface area (Å²) in [7, 11) is 1.36. The van der Waals surface area contributed by atoms with Gasteiger partial charge >= 0.3 is 18.1 Å². The molecule has 1 amide bonds. The molecule has 17 heteroatoms.